The zero-order valence-electron chi connectivity index (χ0n) is 12.6. The fourth-order valence-electron chi connectivity index (χ4n) is 2.98. The van der Waals surface area contributed by atoms with Crippen LogP contribution in [0.5, 0.6) is 0 Å². The summed E-state index contributed by atoms with van der Waals surface area (Å²) in [4.78, 5) is 26.1. The largest absolute Gasteiger partial charge is 0.409 e. The number of halogens is 3. The van der Waals surface area contributed by atoms with E-state index in [1.54, 1.807) is 0 Å². The van der Waals surface area contributed by atoms with Gasteiger partial charge in [0.15, 0.2) is 0 Å². The molecule has 0 aliphatic carbocycles. The number of unbranched alkanes of at least 4 members (excludes halogenated alkanes) is 1. The monoisotopic (exact) mass is 319 g/mol. The maximum absolute atomic E-state index is 13.3. The van der Waals surface area contributed by atoms with E-state index >= 15 is 0 Å². The molecule has 8 heteroatoms. The summed E-state index contributed by atoms with van der Waals surface area (Å²) in [6, 6.07) is -1.82. The molecule has 2 atom stereocenters. The van der Waals surface area contributed by atoms with E-state index < -0.39 is 29.4 Å². The van der Waals surface area contributed by atoms with Gasteiger partial charge in [0.25, 0.3) is 5.56 Å². The van der Waals surface area contributed by atoms with Gasteiger partial charge in [0.1, 0.15) is 11.9 Å². The lowest BCUT2D eigenvalue weighted by molar-refractivity contribution is -0.146. The lowest BCUT2D eigenvalue weighted by atomic mass is 9.91. The van der Waals surface area contributed by atoms with Crippen LogP contribution in [0.1, 0.15) is 51.0 Å². The van der Waals surface area contributed by atoms with Crippen LogP contribution in [0.2, 0.25) is 0 Å². The quantitative estimate of drug-likeness (QED) is 0.876. The predicted molar refractivity (Wildman–Crippen MR) is 77.3 cm³/mol. The number of aromatic amines is 1. The summed E-state index contributed by atoms with van der Waals surface area (Å²) in [6.07, 6.45) is -2.31. The standard InChI is InChI=1S/C14H20F3N3O2/c1-3-5-6-8-9-11(18-10(8)14(15,16)17)20(7-4-2)13(22)19-12(9)21/h8,10,18H,3-7H2,1-2H3,(H,19,21,22)/t8-,10-/m0/s1. The molecule has 124 valence electrons. The van der Waals surface area contributed by atoms with Gasteiger partial charge in [-0.2, -0.15) is 13.2 Å². The molecule has 0 unspecified atom stereocenters. The van der Waals surface area contributed by atoms with E-state index in [9.17, 15) is 22.8 Å². The van der Waals surface area contributed by atoms with Gasteiger partial charge in [-0.05, 0) is 12.8 Å². The maximum Gasteiger partial charge on any atom is 0.409 e. The Kier molecular flexibility index (Phi) is 4.67. The molecular formula is C14H20F3N3O2. The van der Waals surface area contributed by atoms with E-state index in [4.69, 9.17) is 0 Å². The predicted octanol–water partition coefficient (Wildman–Crippen LogP) is 2.58. The van der Waals surface area contributed by atoms with Crippen LogP contribution in [0.4, 0.5) is 19.0 Å². The van der Waals surface area contributed by atoms with Crippen molar-refractivity contribution in [2.75, 3.05) is 5.32 Å². The number of H-pyrrole nitrogens is 1. The van der Waals surface area contributed by atoms with Crippen LogP contribution in [0.15, 0.2) is 9.59 Å². The van der Waals surface area contributed by atoms with Crippen molar-refractivity contribution in [3.8, 4) is 0 Å². The highest BCUT2D eigenvalue weighted by atomic mass is 19.4. The Hall–Kier alpha value is -1.73. The van der Waals surface area contributed by atoms with Gasteiger partial charge in [0.05, 0.1) is 5.56 Å². The molecule has 0 amide bonds. The highest BCUT2D eigenvalue weighted by Gasteiger charge is 2.51. The first-order valence-electron chi connectivity index (χ1n) is 7.51. The van der Waals surface area contributed by atoms with Crippen molar-refractivity contribution in [3.05, 3.63) is 26.4 Å². The van der Waals surface area contributed by atoms with Crippen molar-refractivity contribution in [2.45, 2.75) is 64.2 Å². The number of alkyl halides is 3. The van der Waals surface area contributed by atoms with E-state index in [1.165, 1.54) is 4.57 Å². The van der Waals surface area contributed by atoms with Gasteiger partial charge in [-0.3, -0.25) is 14.3 Å². The molecule has 0 bridgehead atoms. The fraction of sp³-hybridized carbons (Fsp3) is 0.714. The lowest BCUT2D eigenvalue weighted by Crippen LogP contribution is -2.38. The zero-order chi connectivity index (χ0) is 16.5. The van der Waals surface area contributed by atoms with Crippen LogP contribution in [0.25, 0.3) is 0 Å². The number of hydrogen-bond acceptors (Lipinski definition) is 3. The molecule has 1 aliphatic heterocycles. The number of hydrogen-bond donors (Lipinski definition) is 2. The second-order valence-corrected chi connectivity index (χ2v) is 5.59. The molecule has 5 nitrogen and oxygen atoms in total. The number of anilines is 1. The van der Waals surface area contributed by atoms with Crippen LogP contribution < -0.4 is 16.6 Å². The van der Waals surface area contributed by atoms with Crippen molar-refractivity contribution in [1.29, 1.82) is 0 Å². The van der Waals surface area contributed by atoms with Crippen LogP contribution in [-0.2, 0) is 6.54 Å². The molecule has 2 N–H and O–H groups in total. The first kappa shape index (κ1) is 16.6. The lowest BCUT2D eigenvalue weighted by Gasteiger charge is -2.22. The maximum atomic E-state index is 13.3. The topological polar surface area (TPSA) is 66.9 Å². The smallest absolute Gasteiger partial charge is 0.359 e. The Morgan fingerprint density at radius 2 is 1.86 bits per heavy atom. The molecule has 2 rings (SSSR count). The molecule has 0 fully saturated rings. The Bertz CT molecular complexity index is 648. The minimum absolute atomic E-state index is 0.0269. The third kappa shape index (κ3) is 2.91. The summed E-state index contributed by atoms with van der Waals surface area (Å²) in [5.74, 6) is -0.929. The normalized spacial score (nSPS) is 20.8. The summed E-state index contributed by atoms with van der Waals surface area (Å²) in [5, 5.41) is 2.39. The number of nitrogens with zero attached hydrogens (tertiary/aromatic N) is 1. The summed E-state index contributed by atoms with van der Waals surface area (Å²) in [6.45, 7) is 3.96. The first-order valence-corrected chi connectivity index (χ1v) is 7.51. The molecule has 2 heterocycles. The molecule has 0 spiro atoms. The number of aromatic nitrogens is 2. The van der Waals surface area contributed by atoms with E-state index in [1.807, 2.05) is 13.8 Å². The molecule has 22 heavy (non-hydrogen) atoms. The molecule has 1 aromatic heterocycles. The van der Waals surface area contributed by atoms with Crippen molar-refractivity contribution in [2.24, 2.45) is 0 Å². The molecule has 0 aromatic carbocycles. The van der Waals surface area contributed by atoms with Gasteiger partial charge in [0.2, 0.25) is 0 Å². The molecular weight excluding hydrogens is 299 g/mol. The Morgan fingerprint density at radius 3 is 2.41 bits per heavy atom. The number of rotatable bonds is 5. The summed E-state index contributed by atoms with van der Waals surface area (Å²) >= 11 is 0. The Balaban J connectivity index is 2.57. The van der Waals surface area contributed by atoms with Gasteiger partial charge in [-0.25, -0.2) is 4.79 Å². The summed E-state index contributed by atoms with van der Waals surface area (Å²) in [7, 11) is 0. The van der Waals surface area contributed by atoms with E-state index in [0.29, 0.717) is 12.8 Å². The average Bonchev–Trinajstić information content (AvgIpc) is 2.81. The van der Waals surface area contributed by atoms with Gasteiger partial charge >= 0.3 is 11.9 Å². The summed E-state index contributed by atoms with van der Waals surface area (Å²) < 4.78 is 41.1. The van der Waals surface area contributed by atoms with Crippen LogP contribution in [0.3, 0.4) is 0 Å². The third-order valence-electron chi connectivity index (χ3n) is 3.97. The fourth-order valence-corrected chi connectivity index (χ4v) is 2.98. The zero-order valence-corrected chi connectivity index (χ0v) is 12.6. The Morgan fingerprint density at radius 1 is 1.18 bits per heavy atom. The van der Waals surface area contributed by atoms with Crippen LogP contribution in [-0.4, -0.2) is 21.8 Å². The molecule has 0 saturated carbocycles. The SMILES string of the molecule is CCCC[C@H]1c2c(n(CCC)c(=O)[nH]c2=O)N[C@@H]1C(F)(F)F. The number of fused-ring (bicyclic) bond motifs is 1. The molecule has 0 radical (unpaired) electrons. The van der Waals surface area contributed by atoms with Gasteiger partial charge in [-0.1, -0.05) is 26.7 Å². The second-order valence-electron chi connectivity index (χ2n) is 5.59. The van der Waals surface area contributed by atoms with E-state index in [0.717, 1.165) is 6.42 Å². The molecule has 1 aromatic rings. The minimum atomic E-state index is -4.48. The first-order chi connectivity index (χ1) is 10.3. The molecule has 1 aliphatic rings. The minimum Gasteiger partial charge on any atom is -0.359 e. The van der Waals surface area contributed by atoms with Crippen molar-refractivity contribution >= 4 is 5.82 Å². The highest BCUT2D eigenvalue weighted by Crippen LogP contribution is 2.43. The highest BCUT2D eigenvalue weighted by molar-refractivity contribution is 5.54. The van der Waals surface area contributed by atoms with Gasteiger partial charge in [0, 0.05) is 12.5 Å². The van der Waals surface area contributed by atoms with Gasteiger partial charge in [-0.15, -0.1) is 0 Å². The average molecular weight is 319 g/mol. The summed E-state index contributed by atoms with van der Waals surface area (Å²) in [5.41, 5.74) is -1.33. The third-order valence-corrected chi connectivity index (χ3v) is 3.97. The van der Waals surface area contributed by atoms with Crippen LogP contribution in [0, 0.1) is 0 Å². The molecule has 0 saturated heterocycles. The second kappa shape index (κ2) is 6.18. The van der Waals surface area contributed by atoms with Crippen molar-refractivity contribution in [3.63, 3.8) is 0 Å². The van der Waals surface area contributed by atoms with Crippen LogP contribution >= 0.6 is 0 Å². The Labute approximate surface area is 125 Å². The number of nitrogens with one attached hydrogen (secondary N) is 2. The van der Waals surface area contributed by atoms with Crippen molar-refractivity contribution in [1.82, 2.24) is 9.55 Å². The van der Waals surface area contributed by atoms with Gasteiger partial charge < -0.3 is 5.32 Å². The van der Waals surface area contributed by atoms with E-state index in [-0.39, 0.29) is 24.3 Å². The van der Waals surface area contributed by atoms with Crippen molar-refractivity contribution < 1.29 is 13.2 Å². The van der Waals surface area contributed by atoms with E-state index in [2.05, 4.69) is 10.3 Å².